The van der Waals surface area contributed by atoms with Gasteiger partial charge >= 0.3 is 29.0 Å². The van der Waals surface area contributed by atoms with Gasteiger partial charge in [-0.1, -0.05) is 0 Å². The van der Waals surface area contributed by atoms with E-state index < -0.39 is 48.8 Å². The molecule has 2 aliphatic rings. The maximum atomic E-state index is 12.5. The fourth-order valence-corrected chi connectivity index (χ4v) is 2.24. The maximum absolute atomic E-state index is 12.5. The van der Waals surface area contributed by atoms with Crippen LogP contribution in [-0.2, 0) is 53.1 Å². The average Bonchev–Trinajstić information content (AvgIpc) is 3.56. The zero-order chi connectivity index (χ0) is 20.3. The van der Waals surface area contributed by atoms with Crippen molar-refractivity contribution in [2.24, 2.45) is 0 Å². The molecule has 28 heavy (non-hydrogen) atoms. The lowest BCUT2D eigenvalue weighted by atomic mass is 10.5. The third-order valence-corrected chi connectivity index (χ3v) is 3.88. The average molecular weight is 401 g/mol. The monoisotopic (exact) mass is 401 g/mol. The van der Waals surface area contributed by atoms with E-state index in [1.807, 2.05) is 0 Å². The summed E-state index contributed by atoms with van der Waals surface area (Å²) in [5.74, 6) is -1.73. The second kappa shape index (κ2) is 8.50. The van der Waals surface area contributed by atoms with E-state index in [2.05, 4.69) is 0 Å². The van der Waals surface area contributed by atoms with Crippen molar-refractivity contribution in [3.05, 3.63) is 31.5 Å². The Morgan fingerprint density at radius 3 is 1.61 bits per heavy atom. The molecule has 1 aromatic rings. The fraction of sp³-hybridized carbons (Fsp3) is 0.667. The molecule has 2 saturated heterocycles. The van der Waals surface area contributed by atoms with Gasteiger partial charge in [-0.15, -0.1) is 0 Å². The van der Waals surface area contributed by atoms with Crippen LogP contribution in [0.1, 0.15) is 0 Å². The molecule has 154 valence electrons. The van der Waals surface area contributed by atoms with Gasteiger partial charge in [0.2, 0.25) is 0 Å². The predicted molar refractivity (Wildman–Crippen MR) is 87.6 cm³/mol. The van der Waals surface area contributed by atoms with E-state index in [9.17, 15) is 24.0 Å². The predicted octanol–water partition coefficient (Wildman–Crippen LogP) is -3.34. The lowest BCUT2D eigenvalue weighted by Gasteiger charge is -2.13. The summed E-state index contributed by atoms with van der Waals surface area (Å²) in [5, 5.41) is 0. The Morgan fingerprint density at radius 1 is 0.857 bits per heavy atom. The van der Waals surface area contributed by atoms with Crippen LogP contribution in [0, 0.1) is 0 Å². The molecule has 0 aromatic carbocycles. The highest BCUT2D eigenvalue weighted by Crippen LogP contribution is 2.09. The Hall–Kier alpha value is -2.77. The van der Waals surface area contributed by atoms with E-state index in [0.29, 0.717) is 26.9 Å². The number of esters is 2. The summed E-state index contributed by atoms with van der Waals surface area (Å²) in [6.45, 7) is -1.03. The van der Waals surface area contributed by atoms with Gasteiger partial charge in [-0.25, -0.2) is 28.1 Å². The minimum absolute atomic E-state index is 0.00491. The number of carbonyl (C=O) groups is 2. The third kappa shape index (κ3) is 4.94. The smallest absolute Gasteiger partial charge is 0.338 e. The van der Waals surface area contributed by atoms with Crippen LogP contribution < -0.4 is 17.1 Å². The molecular formula is C15H19N3O10. The topological polar surface area (TPSA) is 153 Å². The number of carbonyl (C=O) groups excluding carboxylic acids is 2. The van der Waals surface area contributed by atoms with E-state index in [4.69, 9.17) is 23.7 Å². The highest BCUT2D eigenvalue weighted by molar-refractivity contribution is 5.69. The SMILES string of the molecule is COCn1c(=O)n(CC(=O)OCC2CO2)c(=O)n(CC(=O)OCC2CO2)c1=O. The molecule has 3 rings (SSSR count). The molecular weight excluding hydrogens is 382 g/mol. The van der Waals surface area contributed by atoms with Crippen LogP contribution in [0.2, 0.25) is 0 Å². The zero-order valence-corrected chi connectivity index (χ0v) is 15.0. The van der Waals surface area contributed by atoms with Crippen molar-refractivity contribution in [3.63, 3.8) is 0 Å². The number of aromatic nitrogens is 3. The summed E-state index contributed by atoms with van der Waals surface area (Å²) in [4.78, 5) is 61.2. The van der Waals surface area contributed by atoms with Crippen LogP contribution in [0.15, 0.2) is 14.4 Å². The van der Waals surface area contributed by atoms with Crippen molar-refractivity contribution in [2.45, 2.75) is 32.0 Å². The number of rotatable bonds is 10. The molecule has 13 heteroatoms. The number of epoxide rings is 2. The summed E-state index contributed by atoms with van der Waals surface area (Å²) in [7, 11) is 1.24. The molecule has 1 aromatic heterocycles. The number of nitrogens with zero attached hydrogens (tertiary/aromatic N) is 3. The van der Waals surface area contributed by atoms with Crippen LogP contribution >= 0.6 is 0 Å². The van der Waals surface area contributed by atoms with E-state index in [-0.39, 0.29) is 25.4 Å². The van der Waals surface area contributed by atoms with Gasteiger partial charge in [-0.3, -0.25) is 9.59 Å². The van der Waals surface area contributed by atoms with Gasteiger partial charge in [0.25, 0.3) is 0 Å². The Labute approximate surface area is 156 Å². The molecule has 0 spiro atoms. The Kier molecular flexibility index (Phi) is 6.06. The number of ether oxygens (including phenoxy) is 5. The van der Waals surface area contributed by atoms with Crippen LogP contribution in [0.5, 0.6) is 0 Å². The molecule has 0 aliphatic carbocycles. The van der Waals surface area contributed by atoms with E-state index >= 15 is 0 Å². The first-order chi connectivity index (χ1) is 13.4. The van der Waals surface area contributed by atoms with Gasteiger partial charge < -0.3 is 23.7 Å². The Bertz CT molecular complexity index is 853. The molecule has 2 atom stereocenters. The Morgan fingerprint density at radius 2 is 1.25 bits per heavy atom. The molecule has 0 amide bonds. The van der Waals surface area contributed by atoms with Gasteiger partial charge in [0.05, 0.1) is 13.2 Å². The normalized spacial score (nSPS) is 19.9. The van der Waals surface area contributed by atoms with E-state index in [1.165, 1.54) is 7.11 Å². The summed E-state index contributed by atoms with van der Waals surface area (Å²) in [5.41, 5.74) is -3.26. The third-order valence-electron chi connectivity index (χ3n) is 3.88. The van der Waals surface area contributed by atoms with Crippen LogP contribution in [-0.4, -0.2) is 71.4 Å². The molecule has 0 bridgehead atoms. The lowest BCUT2D eigenvalue weighted by molar-refractivity contribution is -0.145. The molecule has 2 aliphatic heterocycles. The van der Waals surface area contributed by atoms with Gasteiger partial charge in [0.1, 0.15) is 45.2 Å². The van der Waals surface area contributed by atoms with Crippen LogP contribution in [0.4, 0.5) is 0 Å². The minimum atomic E-state index is -1.14. The van der Waals surface area contributed by atoms with E-state index in [1.54, 1.807) is 0 Å². The molecule has 13 nitrogen and oxygen atoms in total. The first kappa shape index (κ1) is 20.0. The lowest BCUT2D eigenvalue weighted by Crippen LogP contribution is -2.56. The molecule has 2 fully saturated rings. The van der Waals surface area contributed by atoms with Crippen molar-refractivity contribution in [1.82, 2.24) is 13.7 Å². The fourth-order valence-electron chi connectivity index (χ4n) is 2.24. The van der Waals surface area contributed by atoms with Gasteiger partial charge in [-0.2, -0.15) is 0 Å². The van der Waals surface area contributed by atoms with Gasteiger partial charge in [-0.05, 0) is 0 Å². The molecule has 0 radical (unpaired) electrons. The van der Waals surface area contributed by atoms with Crippen molar-refractivity contribution >= 4 is 11.9 Å². The van der Waals surface area contributed by atoms with Gasteiger partial charge in [0, 0.05) is 7.11 Å². The van der Waals surface area contributed by atoms with Crippen molar-refractivity contribution < 1.29 is 33.3 Å². The van der Waals surface area contributed by atoms with Crippen molar-refractivity contribution in [3.8, 4) is 0 Å². The number of hydrogen-bond donors (Lipinski definition) is 0. The molecule has 0 N–H and O–H groups in total. The quantitative estimate of drug-likeness (QED) is 0.287. The van der Waals surface area contributed by atoms with Gasteiger partial charge in [0.15, 0.2) is 0 Å². The summed E-state index contributed by atoms with van der Waals surface area (Å²) in [6.07, 6.45) is -0.380. The highest BCUT2D eigenvalue weighted by atomic mass is 16.6. The highest BCUT2D eigenvalue weighted by Gasteiger charge is 2.26. The van der Waals surface area contributed by atoms with Crippen molar-refractivity contribution in [1.29, 1.82) is 0 Å². The maximum Gasteiger partial charge on any atom is 0.338 e. The standard InChI is InChI=1S/C15H19N3O10/c1-24-8-18-14(22)16(2-11(19)27-6-9-4-25-9)13(21)17(15(18)23)3-12(20)28-7-10-5-26-10/h9-10H,2-8H2,1H3. The van der Waals surface area contributed by atoms with E-state index in [0.717, 1.165) is 0 Å². The largest absolute Gasteiger partial charge is 0.461 e. The number of hydrogen-bond acceptors (Lipinski definition) is 10. The minimum Gasteiger partial charge on any atom is -0.461 e. The molecule has 0 saturated carbocycles. The number of methoxy groups -OCH3 is 1. The Balaban J connectivity index is 1.83. The second-order valence-electron chi connectivity index (χ2n) is 6.14. The molecule has 2 unspecified atom stereocenters. The summed E-state index contributed by atoms with van der Waals surface area (Å²) < 4.78 is 26.0. The first-order valence-corrected chi connectivity index (χ1v) is 8.38. The zero-order valence-electron chi connectivity index (χ0n) is 15.0. The molecule has 3 heterocycles. The first-order valence-electron chi connectivity index (χ1n) is 8.38. The second-order valence-corrected chi connectivity index (χ2v) is 6.14. The van der Waals surface area contributed by atoms with Crippen molar-refractivity contribution in [2.75, 3.05) is 33.5 Å². The summed E-state index contributed by atoms with van der Waals surface area (Å²) >= 11 is 0. The van der Waals surface area contributed by atoms with Crippen LogP contribution in [0.3, 0.4) is 0 Å². The van der Waals surface area contributed by atoms with Crippen LogP contribution in [0.25, 0.3) is 0 Å². The summed E-state index contributed by atoms with van der Waals surface area (Å²) in [6, 6.07) is 0.